The molecule has 0 aliphatic heterocycles. The molecule has 0 aromatic heterocycles. The molecular weight excluding hydrogens is 400 g/mol. The van der Waals surface area contributed by atoms with Gasteiger partial charge in [-0.1, -0.05) is 56.3 Å². The summed E-state index contributed by atoms with van der Waals surface area (Å²) in [4.78, 5) is 4.95. The predicted molar refractivity (Wildman–Crippen MR) is 146 cm³/mol. The molecule has 0 amide bonds. The molecule has 0 aliphatic rings. The van der Waals surface area contributed by atoms with Crippen molar-refractivity contribution in [3.63, 3.8) is 0 Å². The fraction of sp³-hybridized carbons (Fsp3) is 0.419. The van der Waals surface area contributed by atoms with Crippen molar-refractivity contribution in [2.24, 2.45) is 0 Å². The Morgan fingerprint density at radius 1 is 0.606 bits per heavy atom. The fourth-order valence-corrected chi connectivity index (χ4v) is 5.01. The maximum atomic E-state index is 2.47. The van der Waals surface area contributed by atoms with Crippen molar-refractivity contribution in [3.8, 4) is 0 Å². The third-order valence-electron chi connectivity index (χ3n) is 6.74. The van der Waals surface area contributed by atoms with Gasteiger partial charge in [0.1, 0.15) is 0 Å². The molecule has 3 aromatic rings. The zero-order chi connectivity index (χ0) is 23.8. The second-order valence-corrected chi connectivity index (χ2v) is 9.08. The Balaban J connectivity index is 2.08. The van der Waals surface area contributed by atoms with Crippen LogP contribution in [0.5, 0.6) is 0 Å². The van der Waals surface area contributed by atoms with Crippen LogP contribution in [0.1, 0.15) is 74.3 Å². The van der Waals surface area contributed by atoms with Crippen LogP contribution in [0.2, 0.25) is 0 Å². The molecule has 0 bridgehead atoms. The third-order valence-corrected chi connectivity index (χ3v) is 6.74. The van der Waals surface area contributed by atoms with Crippen molar-refractivity contribution in [3.05, 3.63) is 94.5 Å². The summed E-state index contributed by atoms with van der Waals surface area (Å²) in [5.74, 6) is 0.233. The van der Waals surface area contributed by atoms with E-state index >= 15 is 0 Å². The Bertz CT molecular complexity index is 945. The fourth-order valence-electron chi connectivity index (χ4n) is 5.01. The molecule has 0 N–H and O–H groups in total. The van der Waals surface area contributed by atoms with Crippen LogP contribution in [0.4, 0.5) is 11.4 Å². The third kappa shape index (κ3) is 5.79. The number of benzene rings is 3. The molecule has 0 fully saturated rings. The molecule has 3 rings (SSSR count). The Labute approximate surface area is 202 Å². The summed E-state index contributed by atoms with van der Waals surface area (Å²) < 4.78 is 0. The minimum absolute atomic E-state index is 0.233. The van der Waals surface area contributed by atoms with Gasteiger partial charge in [0, 0.05) is 43.5 Å². The van der Waals surface area contributed by atoms with E-state index in [-0.39, 0.29) is 5.92 Å². The van der Waals surface area contributed by atoms with Crippen molar-refractivity contribution in [2.45, 2.75) is 60.3 Å². The van der Waals surface area contributed by atoms with Gasteiger partial charge < -0.3 is 9.80 Å². The zero-order valence-corrected chi connectivity index (χ0v) is 21.6. The van der Waals surface area contributed by atoms with E-state index in [2.05, 4.69) is 118 Å². The molecule has 0 spiro atoms. The lowest BCUT2D eigenvalue weighted by Gasteiger charge is -2.28. The van der Waals surface area contributed by atoms with Crippen LogP contribution in [0.15, 0.2) is 66.7 Å². The van der Waals surface area contributed by atoms with Gasteiger partial charge in [0.25, 0.3) is 0 Å². The van der Waals surface area contributed by atoms with Crippen LogP contribution in [0, 0.1) is 13.8 Å². The standard InChI is InChI=1S/C31H42N2/c1-7-20-32(9-3)27-16-18-29(24(5)22-27)31(26-14-12-11-13-15-26)30-19-17-28(23-25(30)6)33(10-4)21-8-2/h11-19,22-23,31H,7-10,20-21H2,1-6H3. The lowest BCUT2D eigenvalue weighted by Crippen LogP contribution is -2.24. The van der Waals surface area contributed by atoms with Crippen molar-refractivity contribution in [2.75, 3.05) is 36.0 Å². The van der Waals surface area contributed by atoms with Crippen molar-refractivity contribution in [1.82, 2.24) is 0 Å². The molecule has 0 radical (unpaired) electrons. The molecule has 0 saturated carbocycles. The molecule has 2 nitrogen and oxygen atoms in total. The molecule has 0 atom stereocenters. The molecule has 2 heteroatoms. The summed E-state index contributed by atoms with van der Waals surface area (Å²) in [6, 6.07) is 25.1. The Morgan fingerprint density at radius 3 is 1.42 bits per heavy atom. The van der Waals surface area contributed by atoms with Gasteiger partial charge in [-0.3, -0.25) is 0 Å². The molecule has 0 heterocycles. The summed E-state index contributed by atoms with van der Waals surface area (Å²) in [5.41, 5.74) is 9.53. The lowest BCUT2D eigenvalue weighted by atomic mass is 9.81. The van der Waals surface area contributed by atoms with Crippen LogP contribution in [-0.2, 0) is 0 Å². The van der Waals surface area contributed by atoms with Crippen molar-refractivity contribution < 1.29 is 0 Å². The molecule has 0 unspecified atom stereocenters. The first kappa shape index (κ1) is 24.9. The van der Waals surface area contributed by atoms with E-state index in [1.807, 2.05) is 0 Å². The average Bonchev–Trinajstić information content (AvgIpc) is 2.83. The SMILES string of the molecule is CCCN(CC)c1ccc(C(c2ccccc2)c2ccc(N(CC)CCC)cc2C)c(C)c1. The quantitative estimate of drug-likeness (QED) is 0.278. The van der Waals surface area contributed by atoms with Gasteiger partial charge in [0.15, 0.2) is 0 Å². The van der Waals surface area contributed by atoms with Crippen LogP contribution < -0.4 is 9.80 Å². The van der Waals surface area contributed by atoms with Crippen molar-refractivity contribution in [1.29, 1.82) is 0 Å². The largest absolute Gasteiger partial charge is 0.372 e. The Hall–Kier alpha value is -2.74. The minimum Gasteiger partial charge on any atom is -0.372 e. The smallest absolute Gasteiger partial charge is 0.0368 e. The van der Waals surface area contributed by atoms with E-state index in [1.54, 1.807) is 0 Å². The summed E-state index contributed by atoms with van der Waals surface area (Å²) in [6.07, 6.45) is 2.33. The summed E-state index contributed by atoms with van der Waals surface area (Å²) in [7, 11) is 0. The highest BCUT2D eigenvalue weighted by molar-refractivity contribution is 5.58. The number of hydrogen-bond donors (Lipinski definition) is 0. The summed E-state index contributed by atoms with van der Waals surface area (Å²) >= 11 is 0. The molecule has 0 saturated heterocycles. The average molecular weight is 443 g/mol. The topological polar surface area (TPSA) is 6.48 Å². The van der Waals surface area contributed by atoms with Gasteiger partial charge in [-0.15, -0.1) is 0 Å². The van der Waals surface area contributed by atoms with E-state index in [0.29, 0.717) is 0 Å². The van der Waals surface area contributed by atoms with Crippen LogP contribution in [-0.4, -0.2) is 26.2 Å². The van der Waals surface area contributed by atoms with E-state index < -0.39 is 0 Å². The summed E-state index contributed by atoms with van der Waals surface area (Å²) in [6.45, 7) is 17.8. The molecule has 3 aromatic carbocycles. The second-order valence-electron chi connectivity index (χ2n) is 9.08. The molecule has 0 aliphatic carbocycles. The highest BCUT2D eigenvalue weighted by Crippen LogP contribution is 2.38. The Kier molecular flexibility index (Phi) is 9.00. The van der Waals surface area contributed by atoms with Crippen LogP contribution in [0.3, 0.4) is 0 Å². The highest BCUT2D eigenvalue weighted by Gasteiger charge is 2.21. The minimum atomic E-state index is 0.233. The van der Waals surface area contributed by atoms with Gasteiger partial charge in [-0.25, -0.2) is 0 Å². The van der Waals surface area contributed by atoms with E-state index in [1.165, 1.54) is 52.0 Å². The molecular formula is C31H42N2. The second kappa shape index (κ2) is 11.9. The maximum Gasteiger partial charge on any atom is 0.0368 e. The van der Waals surface area contributed by atoms with E-state index in [4.69, 9.17) is 0 Å². The number of aryl methyl sites for hydroxylation is 2. The first-order valence-corrected chi connectivity index (χ1v) is 12.8. The van der Waals surface area contributed by atoms with Gasteiger partial charge >= 0.3 is 0 Å². The normalized spacial score (nSPS) is 11.1. The summed E-state index contributed by atoms with van der Waals surface area (Å²) in [5, 5.41) is 0. The number of hydrogen-bond acceptors (Lipinski definition) is 2. The first-order valence-electron chi connectivity index (χ1n) is 12.8. The Morgan fingerprint density at radius 2 is 1.06 bits per heavy atom. The monoisotopic (exact) mass is 442 g/mol. The van der Waals surface area contributed by atoms with Crippen LogP contribution in [0.25, 0.3) is 0 Å². The van der Waals surface area contributed by atoms with Crippen molar-refractivity contribution >= 4 is 11.4 Å². The molecule has 176 valence electrons. The van der Waals surface area contributed by atoms with E-state index in [0.717, 1.165) is 26.2 Å². The highest BCUT2D eigenvalue weighted by atomic mass is 15.1. The number of rotatable bonds is 11. The first-order chi connectivity index (χ1) is 16.0. The van der Waals surface area contributed by atoms with Gasteiger partial charge in [-0.05, 0) is 92.6 Å². The number of anilines is 2. The maximum absolute atomic E-state index is 2.47. The number of nitrogens with zero attached hydrogens (tertiary/aromatic N) is 2. The van der Waals surface area contributed by atoms with Gasteiger partial charge in [0.2, 0.25) is 0 Å². The van der Waals surface area contributed by atoms with Gasteiger partial charge in [-0.2, -0.15) is 0 Å². The predicted octanol–water partition coefficient (Wildman–Crippen LogP) is 7.96. The lowest BCUT2D eigenvalue weighted by molar-refractivity contribution is 0.789. The molecule has 33 heavy (non-hydrogen) atoms. The van der Waals surface area contributed by atoms with Crippen LogP contribution >= 0.6 is 0 Å². The van der Waals surface area contributed by atoms with E-state index in [9.17, 15) is 0 Å². The zero-order valence-electron chi connectivity index (χ0n) is 21.6. The van der Waals surface area contributed by atoms with Gasteiger partial charge in [0.05, 0.1) is 0 Å².